The highest BCUT2D eigenvalue weighted by atomic mass is 16.7. The molecule has 0 spiro atoms. The average molecular weight is 331 g/mol. The maximum absolute atomic E-state index is 8.80. The lowest BCUT2D eigenvalue weighted by atomic mass is 9.94. The molecule has 0 aromatic carbocycles. The van der Waals surface area contributed by atoms with Gasteiger partial charge in [0.1, 0.15) is 0 Å². The molecule has 0 heterocycles. The molecule has 0 rings (SSSR count). The van der Waals surface area contributed by atoms with Gasteiger partial charge in [0.15, 0.2) is 6.29 Å². The summed E-state index contributed by atoms with van der Waals surface area (Å²) in [7, 11) is 0. The Balaban J connectivity index is 3.97. The number of ether oxygens (including phenoxy) is 2. The predicted molar refractivity (Wildman–Crippen MR) is 98.7 cm³/mol. The topological polar surface area (TPSA) is 38.7 Å². The molecule has 3 heteroatoms. The van der Waals surface area contributed by atoms with Gasteiger partial charge in [0.2, 0.25) is 0 Å². The number of hydrogen-bond acceptors (Lipinski definition) is 3. The van der Waals surface area contributed by atoms with Crippen LogP contribution >= 0.6 is 0 Å². The van der Waals surface area contributed by atoms with Crippen molar-refractivity contribution in [3.8, 4) is 0 Å². The van der Waals surface area contributed by atoms with Crippen molar-refractivity contribution in [3.63, 3.8) is 0 Å². The van der Waals surface area contributed by atoms with E-state index in [0.29, 0.717) is 6.61 Å². The fourth-order valence-corrected chi connectivity index (χ4v) is 2.76. The summed E-state index contributed by atoms with van der Waals surface area (Å²) in [4.78, 5) is 0. The van der Waals surface area contributed by atoms with Gasteiger partial charge in [-0.05, 0) is 39.0 Å². The van der Waals surface area contributed by atoms with Crippen molar-refractivity contribution in [2.24, 2.45) is 0 Å². The number of hydrogen-bond donors (Lipinski definition) is 1. The molecule has 0 bridgehead atoms. The van der Waals surface area contributed by atoms with E-state index in [1.807, 2.05) is 0 Å². The highest BCUT2D eigenvalue weighted by Gasteiger charge is 2.26. The van der Waals surface area contributed by atoms with Crippen LogP contribution in [0.15, 0.2) is 0 Å². The van der Waals surface area contributed by atoms with Crippen molar-refractivity contribution in [3.05, 3.63) is 0 Å². The van der Waals surface area contributed by atoms with Gasteiger partial charge < -0.3 is 14.6 Å². The molecule has 0 aromatic rings. The zero-order valence-corrected chi connectivity index (χ0v) is 16.2. The summed E-state index contributed by atoms with van der Waals surface area (Å²) in [5.41, 5.74) is -0.0684. The first-order valence-corrected chi connectivity index (χ1v) is 10.0. The molecule has 0 aromatic heterocycles. The Morgan fingerprint density at radius 2 is 1.52 bits per heavy atom. The van der Waals surface area contributed by atoms with Gasteiger partial charge >= 0.3 is 0 Å². The van der Waals surface area contributed by atoms with Gasteiger partial charge in [-0.15, -0.1) is 0 Å². The molecule has 0 aliphatic carbocycles. The molecule has 0 fully saturated rings. The zero-order valence-electron chi connectivity index (χ0n) is 16.2. The molecule has 0 aliphatic rings. The van der Waals surface area contributed by atoms with Crippen LogP contribution in [0, 0.1) is 0 Å². The third kappa shape index (κ3) is 12.9. The number of aliphatic hydroxyl groups excluding tert-OH is 1. The third-order valence-corrected chi connectivity index (χ3v) is 4.66. The monoisotopic (exact) mass is 330 g/mol. The molecule has 2 atom stereocenters. The second-order valence-corrected chi connectivity index (χ2v) is 6.93. The predicted octanol–water partition coefficient (Wildman–Crippen LogP) is 5.84. The van der Waals surface area contributed by atoms with Gasteiger partial charge in [0.05, 0.1) is 5.60 Å². The van der Waals surface area contributed by atoms with Crippen molar-refractivity contribution >= 4 is 0 Å². The first-order chi connectivity index (χ1) is 11.1. The van der Waals surface area contributed by atoms with E-state index in [-0.39, 0.29) is 11.9 Å². The van der Waals surface area contributed by atoms with Crippen LogP contribution in [0.5, 0.6) is 0 Å². The first-order valence-electron chi connectivity index (χ1n) is 10.0. The van der Waals surface area contributed by atoms with E-state index in [1.54, 1.807) is 0 Å². The summed E-state index contributed by atoms with van der Waals surface area (Å²) in [5.74, 6) is 0. The lowest BCUT2D eigenvalue weighted by Gasteiger charge is -2.33. The smallest absolute Gasteiger partial charge is 0.158 e. The summed E-state index contributed by atoms with van der Waals surface area (Å²) in [6.45, 7) is 9.95. The lowest BCUT2D eigenvalue weighted by Crippen LogP contribution is -2.34. The van der Waals surface area contributed by atoms with Crippen LogP contribution in [-0.4, -0.2) is 30.2 Å². The summed E-state index contributed by atoms with van der Waals surface area (Å²) >= 11 is 0. The van der Waals surface area contributed by atoms with E-state index in [1.165, 1.54) is 38.5 Å². The molecule has 0 saturated carbocycles. The van der Waals surface area contributed by atoms with Gasteiger partial charge in [-0.3, -0.25) is 0 Å². The Morgan fingerprint density at radius 3 is 2.13 bits per heavy atom. The van der Waals surface area contributed by atoms with Crippen molar-refractivity contribution in [2.45, 2.75) is 117 Å². The second-order valence-electron chi connectivity index (χ2n) is 6.93. The molecule has 1 N–H and O–H groups in total. The average Bonchev–Trinajstić information content (AvgIpc) is 2.56. The fourth-order valence-electron chi connectivity index (χ4n) is 2.76. The quantitative estimate of drug-likeness (QED) is 0.269. The first kappa shape index (κ1) is 22.9. The lowest BCUT2D eigenvalue weighted by molar-refractivity contribution is -0.210. The largest absolute Gasteiger partial charge is 0.396 e. The maximum Gasteiger partial charge on any atom is 0.158 e. The summed E-state index contributed by atoms with van der Waals surface area (Å²) < 4.78 is 12.3. The van der Waals surface area contributed by atoms with Crippen LogP contribution < -0.4 is 0 Å². The molecule has 0 radical (unpaired) electrons. The minimum absolute atomic E-state index is 0.0593. The van der Waals surface area contributed by atoms with E-state index in [9.17, 15) is 0 Å². The highest BCUT2D eigenvalue weighted by molar-refractivity contribution is 4.74. The minimum atomic E-state index is -0.0684. The van der Waals surface area contributed by atoms with Crippen LogP contribution in [0.4, 0.5) is 0 Å². The molecule has 0 aliphatic heterocycles. The number of rotatable bonds is 17. The van der Waals surface area contributed by atoms with Crippen LogP contribution in [0.25, 0.3) is 0 Å². The van der Waals surface area contributed by atoms with Gasteiger partial charge in [-0.1, -0.05) is 65.7 Å². The molecule has 3 nitrogen and oxygen atoms in total. The molecule has 23 heavy (non-hydrogen) atoms. The van der Waals surface area contributed by atoms with Gasteiger partial charge in [-0.2, -0.15) is 0 Å². The molecule has 140 valence electrons. The second kappa shape index (κ2) is 15.4. The molecule has 0 amide bonds. The highest BCUT2D eigenvalue weighted by Crippen LogP contribution is 2.26. The minimum Gasteiger partial charge on any atom is -0.396 e. The summed E-state index contributed by atoms with van der Waals surface area (Å²) in [6.07, 6.45) is 13.6. The third-order valence-electron chi connectivity index (χ3n) is 4.66. The van der Waals surface area contributed by atoms with Gasteiger partial charge in [0.25, 0.3) is 0 Å². The van der Waals surface area contributed by atoms with Crippen LogP contribution in [0.2, 0.25) is 0 Å². The van der Waals surface area contributed by atoms with Gasteiger partial charge in [0, 0.05) is 13.2 Å². The Kier molecular flexibility index (Phi) is 15.3. The molecular formula is C20H42O3. The van der Waals surface area contributed by atoms with E-state index < -0.39 is 0 Å². The Morgan fingerprint density at radius 1 is 0.870 bits per heavy atom. The maximum atomic E-state index is 8.80. The number of unbranched alkanes of at least 4 members (excludes halogenated alkanes) is 7. The van der Waals surface area contributed by atoms with E-state index in [4.69, 9.17) is 14.6 Å². The Hall–Kier alpha value is -0.120. The van der Waals surface area contributed by atoms with Crippen LogP contribution in [0.3, 0.4) is 0 Å². The van der Waals surface area contributed by atoms with E-state index in [2.05, 4.69) is 27.7 Å². The van der Waals surface area contributed by atoms with Crippen molar-refractivity contribution < 1.29 is 14.6 Å². The Labute approximate surface area is 145 Å². The zero-order chi connectivity index (χ0) is 17.4. The van der Waals surface area contributed by atoms with E-state index in [0.717, 1.165) is 45.1 Å². The summed E-state index contributed by atoms with van der Waals surface area (Å²) in [5, 5.41) is 8.80. The summed E-state index contributed by atoms with van der Waals surface area (Å²) in [6, 6.07) is 0. The van der Waals surface area contributed by atoms with Crippen LogP contribution in [0.1, 0.15) is 105 Å². The van der Waals surface area contributed by atoms with Crippen molar-refractivity contribution in [1.29, 1.82) is 0 Å². The molecular weight excluding hydrogens is 288 g/mol. The molecule has 1 unspecified atom stereocenters. The van der Waals surface area contributed by atoms with Crippen LogP contribution in [-0.2, 0) is 9.47 Å². The normalized spacial score (nSPS) is 15.5. The SMILES string of the molecule is CCCCCCO[C@H](CC)OC(C)(CC)CCCCCCCO. The fraction of sp³-hybridized carbons (Fsp3) is 1.00. The Bertz CT molecular complexity index is 245. The van der Waals surface area contributed by atoms with Crippen molar-refractivity contribution in [1.82, 2.24) is 0 Å². The molecule has 0 saturated heterocycles. The van der Waals surface area contributed by atoms with Gasteiger partial charge in [-0.25, -0.2) is 0 Å². The number of aliphatic hydroxyl groups is 1. The standard InChI is InChI=1S/C20H42O3/c1-5-8-9-15-18-22-19(6-2)23-20(4,7-3)16-13-11-10-12-14-17-21/h19,21H,5-18H2,1-4H3/t19-,20?/m0/s1. The van der Waals surface area contributed by atoms with Crippen molar-refractivity contribution in [2.75, 3.05) is 13.2 Å². The van der Waals surface area contributed by atoms with E-state index >= 15 is 0 Å².